The number of halogens is 1. The van der Waals surface area contributed by atoms with Crippen LogP contribution in [0.3, 0.4) is 0 Å². The number of carbonyl (C=O) groups is 1. The first kappa shape index (κ1) is 18.5. The summed E-state index contributed by atoms with van der Waals surface area (Å²) >= 11 is 3.72. The third-order valence-electron chi connectivity index (χ3n) is 6.60. The molecule has 0 radical (unpaired) electrons. The fourth-order valence-electron chi connectivity index (χ4n) is 5.24. The van der Waals surface area contributed by atoms with Gasteiger partial charge in [-0.2, -0.15) is 0 Å². The number of nitrogens with zero attached hydrogens (tertiary/aromatic N) is 2. The third-order valence-corrected chi connectivity index (χ3v) is 7.27. The molecule has 150 valence electrons. The number of rotatable bonds is 2. The lowest BCUT2D eigenvalue weighted by atomic mass is 9.72. The second kappa shape index (κ2) is 7.35. The summed E-state index contributed by atoms with van der Waals surface area (Å²) in [7, 11) is 2.21. The number of hydrogen-bond donors (Lipinski definition) is 1. The summed E-state index contributed by atoms with van der Waals surface area (Å²) in [5.41, 5.74) is 4.04. The van der Waals surface area contributed by atoms with Gasteiger partial charge in [-0.15, -0.1) is 0 Å². The number of piperidine rings is 1. The van der Waals surface area contributed by atoms with Gasteiger partial charge in [0.25, 0.3) is 0 Å². The van der Waals surface area contributed by atoms with Crippen molar-refractivity contribution in [1.82, 2.24) is 14.8 Å². The largest absolute Gasteiger partial charge is 0.449 e. The Morgan fingerprint density at radius 3 is 3.00 bits per heavy atom. The molecule has 3 atom stereocenters. The van der Waals surface area contributed by atoms with Crippen LogP contribution in [0.25, 0.3) is 10.9 Å². The molecule has 1 aromatic heterocycles. The Hall–Kier alpha value is -1.57. The molecule has 28 heavy (non-hydrogen) atoms. The zero-order chi connectivity index (χ0) is 19.3. The fourth-order valence-corrected chi connectivity index (χ4v) is 5.82. The van der Waals surface area contributed by atoms with Gasteiger partial charge in [-0.3, -0.25) is 0 Å². The number of amides is 1. The molecule has 2 fully saturated rings. The predicted octanol–water partition coefficient (Wildman–Crippen LogP) is 3.36. The van der Waals surface area contributed by atoms with Crippen molar-refractivity contribution in [3.8, 4) is 0 Å². The minimum atomic E-state index is -0.198. The second-order valence-corrected chi connectivity index (χ2v) is 9.08. The van der Waals surface area contributed by atoms with Gasteiger partial charge in [0.1, 0.15) is 0 Å². The molecule has 2 saturated heterocycles. The molecule has 6 nitrogen and oxygen atoms in total. The number of likely N-dealkylation sites (N-methyl/N-ethyl adjacent to an activating group) is 1. The van der Waals surface area contributed by atoms with E-state index in [1.54, 1.807) is 4.90 Å². The van der Waals surface area contributed by atoms with Gasteiger partial charge in [-0.25, -0.2) is 4.79 Å². The number of ether oxygens (including phenoxy) is 2. The lowest BCUT2D eigenvalue weighted by Crippen LogP contribution is -2.49. The van der Waals surface area contributed by atoms with E-state index in [0.29, 0.717) is 50.8 Å². The molecule has 3 aliphatic rings. The number of aromatic nitrogens is 1. The quantitative estimate of drug-likeness (QED) is 0.766. The molecule has 1 amide bonds. The molecular weight excluding hydrogens is 422 g/mol. The van der Waals surface area contributed by atoms with Gasteiger partial charge < -0.3 is 24.3 Å². The van der Waals surface area contributed by atoms with E-state index in [1.807, 2.05) is 0 Å². The van der Waals surface area contributed by atoms with E-state index in [9.17, 15) is 4.79 Å². The number of fused-ring (bicyclic) bond motifs is 2. The summed E-state index contributed by atoms with van der Waals surface area (Å²) < 4.78 is 12.1. The van der Waals surface area contributed by atoms with Gasteiger partial charge in [-0.05, 0) is 53.0 Å². The van der Waals surface area contributed by atoms with Crippen LogP contribution in [0.2, 0.25) is 0 Å². The van der Waals surface area contributed by atoms with Crippen LogP contribution < -0.4 is 0 Å². The van der Waals surface area contributed by atoms with Crippen molar-refractivity contribution in [2.45, 2.75) is 24.8 Å². The summed E-state index contributed by atoms with van der Waals surface area (Å²) in [6.45, 7) is 3.91. The van der Waals surface area contributed by atoms with Gasteiger partial charge in [0.05, 0.1) is 24.4 Å². The Bertz CT molecular complexity index is 892. The maximum atomic E-state index is 12.4. The Morgan fingerprint density at radius 1 is 1.36 bits per heavy atom. The molecule has 2 aromatic rings. The highest BCUT2D eigenvalue weighted by Crippen LogP contribution is 2.46. The normalized spacial score (nSPS) is 27.6. The van der Waals surface area contributed by atoms with Crippen molar-refractivity contribution < 1.29 is 14.3 Å². The van der Waals surface area contributed by atoms with Crippen molar-refractivity contribution in [2.75, 3.05) is 46.5 Å². The van der Waals surface area contributed by atoms with Crippen molar-refractivity contribution in [3.63, 3.8) is 0 Å². The number of hydrogen-bond acceptors (Lipinski definition) is 4. The SMILES string of the molecule is CN1CC(COC(=O)N2CCOCC2)C[C@@H]2c3cccc4[nH]c(Br)c(c34)C[C@H]21. The zero-order valence-corrected chi connectivity index (χ0v) is 17.7. The zero-order valence-electron chi connectivity index (χ0n) is 16.1. The van der Waals surface area contributed by atoms with Gasteiger partial charge in [-0.1, -0.05) is 12.1 Å². The first-order valence-corrected chi connectivity index (χ1v) is 10.9. The minimum absolute atomic E-state index is 0.198. The van der Waals surface area contributed by atoms with Crippen LogP contribution in [-0.4, -0.2) is 73.4 Å². The average molecular weight is 448 g/mol. The minimum Gasteiger partial charge on any atom is -0.449 e. The Morgan fingerprint density at radius 2 is 2.18 bits per heavy atom. The van der Waals surface area contributed by atoms with Crippen molar-refractivity contribution >= 4 is 32.9 Å². The van der Waals surface area contributed by atoms with Crippen molar-refractivity contribution in [2.24, 2.45) is 5.92 Å². The number of likely N-dealkylation sites (tertiary alicyclic amines) is 1. The highest BCUT2D eigenvalue weighted by atomic mass is 79.9. The number of aromatic amines is 1. The Labute approximate surface area is 173 Å². The van der Waals surface area contributed by atoms with E-state index in [4.69, 9.17) is 9.47 Å². The maximum absolute atomic E-state index is 12.4. The lowest BCUT2D eigenvalue weighted by Gasteiger charge is -2.45. The van der Waals surface area contributed by atoms with Crippen LogP contribution in [-0.2, 0) is 15.9 Å². The molecule has 1 aromatic carbocycles. The molecule has 7 heteroatoms. The molecule has 0 saturated carbocycles. The first-order valence-electron chi connectivity index (χ1n) is 10.1. The molecule has 1 aliphatic carbocycles. The highest BCUT2D eigenvalue weighted by Gasteiger charge is 2.40. The summed E-state index contributed by atoms with van der Waals surface area (Å²) in [4.78, 5) is 20.0. The van der Waals surface area contributed by atoms with Crippen molar-refractivity contribution in [3.05, 3.63) is 33.9 Å². The number of H-pyrrole nitrogens is 1. The van der Waals surface area contributed by atoms with Crippen molar-refractivity contribution in [1.29, 1.82) is 0 Å². The van der Waals surface area contributed by atoms with Gasteiger partial charge >= 0.3 is 6.09 Å². The van der Waals surface area contributed by atoms with E-state index in [1.165, 1.54) is 22.0 Å². The van der Waals surface area contributed by atoms with Crippen LogP contribution in [0.4, 0.5) is 4.79 Å². The molecular formula is C21H26BrN3O3. The van der Waals surface area contributed by atoms with E-state index in [2.05, 4.69) is 51.1 Å². The van der Waals surface area contributed by atoms with E-state index >= 15 is 0 Å². The Kier molecular flexibility index (Phi) is 4.85. The molecule has 1 unspecified atom stereocenters. The molecule has 5 rings (SSSR count). The smallest absolute Gasteiger partial charge is 0.409 e. The van der Waals surface area contributed by atoms with E-state index < -0.39 is 0 Å². The van der Waals surface area contributed by atoms with E-state index in [-0.39, 0.29) is 6.09 Å². The monoisotopic (exact) mass is 447 g/mol. The predicted molar refractivity (Wildman–Crippen MR) is 111 cm³/mol. The number of morpholine rings is 1. The Balaban J connectivity index is 1.33. The van der Waals surface area contributed by atoms with Gasteiger partial charge in [0.15, 0.2) is 0 Å². The van der Waals surface area contributed by atoms with E-state index in [0.717, 1.165) is 24.0 Å². The number of carbonyl (C=O) groups excluding carboxylic acids is 1. The topological polar surface area (TPSA) is 57.8 Å². The molecule has 2 aliphatic heterocycles. The van der Waals surface area contributed by atoms with Gasteiger partial charge in [0, 0.05) is 48.4 Å². The number of benzene rings is 1. The van der Waals surface area contributed by atoms with Gasteiger partial charge in [0.2, 0.25) is 0 Å². The van der Waals surface area contributed by atoms with Crippen LogP contribution in [0.15, 0.2) is 22.8 Å². The van der Waals surface area contributed by atoms with Crippen LogP contribution >= 0.6 is 15.9 Å². The van der Waals surface area contributed by atoms with Crippen LogP contribution in [0.1, 0.15) is 23.5 Å². The average Bonchev–Trinajstić information content (AvgIpc) is 3.04. The first-order chi connectivity index (χ1) is 13.6. The summed E-state index contributed by atoms with van der Waals surface area (Å²) in [6.07, 6.45) is 1.92. The van der Waals surface area contributed by atoms with Crippen LogP contribution in [0.5, 0.6) is 0 Å². The van der Waals surface area contributed by atoms with Crippen LogP contribution in [0, 0.1) is 5.92 Å². The summed E-state index contributed by atoms with van der Waals surface area (Å²) in [5.74, 6) is 0.833. The maximum Gasteiger partial charge on any atom is 0.409 e. The molecule has 3 heterocycles. The summed E-state index contributed by atoms with van der Waals surface area (Å²) in [6, 6.07) is 7.08. The molecule has 1 N–H and O–H groups in total. The third kappa shape index (κ3) is 3.13. The highest BCUT2D eigenvalue weighted by molar-refractivity contribution is 9.10. The molecule has 0 bridgehead atoms. The standard InChI is InChI=1S/C21H26BrN3O3/c1-24-11-13(12-28-21(26)25-5-7-27-8-6-25)9-15-14-3-2-4-17-19(14)16(10-18(15)24)20(22)23-17/h2-4,13,15,18,23H,5-12H2,1H3/t13?,15-,18-/m1/s1. The fraction of sp³-hybridized carbons (Fsp3) is 0.571. The second-order valence-electron chi connectivity index (χ2n) is 8.28. The summed E-state index contributed by atoms with van der Waals surface area (Å²) in [5, 5.41) is 1.38. The lowest BCUT2D eigenvalue weighted by molar-refractivity contribution is 0.0132. The molecule has 0 spiro atoms. The number of nitrogens with one attached hydrogen (secondary N) is 1.